The number of carbonyl (C=O) groups is 1. The molecule has 2 aromatic rings. The molecule has 100 valence electrons. The zero-order valence-electron chi connectivity index (χ0n) is 10.1. The Morgan fingerprint density at radius 1 is 1.42 bits per heavy atom. The molecule has 0 fully saturated rings. The second-order valence-electron chi connectivity index (χ2n) is 3.94. The number of aliphatic hydroxyl groups excluding tert-OH is 1. The van der Waals surface area contributed by atoms with Crippen molar-refractivity contribution >= 4 is 34.5 Å². The summed E-state index contributed by atoms with van der Waals surface area (Å²) in [7, 11) is 0. The van der Waals surface area contributed by atoms with Gasteiger partial charge >= 0.3 is 0 Å². The highest BCUT2D eigenvalue weighted by atomic mass is 35.5. The molecule has 0 aromatic carbocycles. The topological polar surface area (TPSA) is 62.2 Å². The molecule has 0 unspecified atom stereocenters. The van der Waals surface area contributed by atoms with Gasteiger partial charge in [-0.25, -0.2) is 0 Å². The third-order valence-corrected chi connectivity index (χ3v) is 3.87. The Bertz CT molecular complexity index is 571. The number of amides is 1. The summed E-state index contributed by atoms with van der Waals surface area (Å²) in [4.78, 5) is 16.8. The summed E-state index contributed by atoms with van der Waals surface area (Å²) >= 11 is 7.30. The van der Waals surface area contributed by atoms with E-state index in [0.717, 1.165) is 9.21 Å². The number of nitrogens with zero attached hydrogens (tertiary/aromatic N) is 1. The maximum Gasteiger partial charge on any atom is 0.224 e. The van der Waals surface area contributed by atoms with Crippen LogP contribution in [0.3, 0.4) is 0 Å². The van der Waals surface area contributed by atoms with Crippen molar-refractivity contribution in [2.75, 3.05) is 5.32 Å². The molecule has 2 heterocycles. The molecular weight excluding hydrogens is 284 g/mol. The molecule has 0 bridgehead atoms. The van der Waals surface area contributed by atoms with E-state index in [2.05, 4.69) is 10.3 Å². The van der Waals surface area contributed by atoms with E-state index >= 15 is 0 Å². The summed E-state index contributed by atoms with van der Waals surface area (Å²) in [6, 6.07) is 5.42. The molecule has 19 heavy (non-hydrogen) atoms. The highest BCUT2D eigenvalue weighted by molar-refractivity contribution is 7.16. The molecule has 2 rings (SSSR count). The van der Waals surface area contributed by atoms with Crippen LogP contribution in [-0.4, -0.2) is 16.0 Å². The fraction of sp³-hybridized carbons (Fsp3) is 0.231. The highest BCUT2D eigenvalue weighted by Crippen LogP contribution is 2.22. The molecule has 2 N–H and O–H groups in total. The number of hydrogen-bond donors (Lipinski definition) is 2. The van der Waals surface area contributed by atoms with Gasteiger partial charge in [0.15, 0.2) is 0 Å². The van der Waals surface area contributed by atoms with Crippen molar-refractivity contribution in [2.24, 2.45) is 0 Å². The van der Waals surface area contributed by atoms with Crippen LogP contribution in [0.5, 0.6) is 0 Å². The van der Waals surface area contributed by atoms with Crippen LogP contribution in [0.2, 0.25) is 4.34 Å². The Hall–Kier alpha value is -1.43. The molecule has 0 spiro atoms. The normalized spacial score (nSPS) is 10.4. The van der Waals surface area contributed by atoms with Gasteiger partial charge in [0.1, 0.15) is 0 Å². The number of halogens is 1. The number of carbonyl (C=O) groups excluding carboxylic acids is 1. The van der Waals surface area contributed by atoms with Gasteiger partial charge in [0.25, 0.3) is 0 Å². The number of aryl methyl sites for hydroxylation is 1. The van der Waals surface area contributed by atoms with Crippen LogP contribution >= 0.6 is 22.9 Å². The molecule has 0 saturated carbocycles. The first-order valence-corrected chi connectivity index (χ1v) is 6.96. The van der Waals surface area contributed by atoms with Gasteiger partial charge in [0.2, 0.25) is 5.91 Å². The van der Waals surface area contributed by atoms with Crippen LogP contribution in [0.15, 0.2) is 30.6 Å². The van der Waals surface area contributed by atoms with Crippen LogP contribution in [0.4, 0.5) is 5.69 Å². The van der Waals surface area contributed by atoms with Crippen LogP contribution in [0, 0.1) is 0 Å². The summed E-state index contributed by atoms with van der Waals surface area (Å²) in [5.41, 5.74) is 1.21. The lowest BCUT2D eigenvalue weighted by Gasteiger charge is -2.08. The van der Waals surface area contributed by atoms with Gasteiger partial charge in [0, 0.05) is 23.1 Å². The number of rotatable bonds is 5. The fourth-order valence-corrected chi connectivity index (χ4v) is 2.70. The van der Waals surface area contributed by atoms with Crippen molar-refractivity contribution in [2.45, 2.75) is 19.4 Å². The Balaban J connectivity index is 1.90. The van der Waals surface area contributed by atoms with Gasteiger partial charge in [-0.1, -0.05) is 11.6 Å². The van der Waals surface area contributed by atoms with Gasteiger partial charge in [-0.15, -0.1) is 11.3 Å². The number of anilines is 1. The number of hydrogen-bond acceptors (Lipinski definition) is 4. The predicted molar refractivity (Wildman–Crippen MR) is 76.4 cm³/mol. The smallest absolute Gasteiger partial charge is 0.224 e. The summed E-state index contributed by atoms with van der Waals surface area (Å²) in [5.74, 6) is -0.104. The Labute approximate surface area is 120 Å². The molecule has 0 aliphatic rings. The largest absolute Gasteiger partial charge is 0.392 e. The molecule has 0 aliphatic carbocycles. The van der Waals surface area contributed by atoms with Crippen LogP contribution in [0.25, 0.3) is 0 Å². The average molecular weight is 297 g/mol. The second kappa shape index (κ2) is 6.65. The summed E-state index contributed by atoms with van der Waals surface area (Å²) in [6.07, 6.45) is 4.13. The lowest BCUT2D eigenvalue weighted by atomic mass is 10.2. The van der Waals surface area contributed by atoms with Crippen molar-refractivity contribution in [3.8, 4) is 0 Å². The standard InChI is InChI=1S/C13H13ClN2O2S/c14-12-3-1-10(19-12)2-4-13(18)16-11-7-15-6-5-9(11)8-17/h1,3,5-7,17H,2,4,8H2,(H,16,18). The molecule has 2 aromatic heterocycles. The number of thiophene rings is 1. The van der Waals surface area contributed by atoms with Crippen LogP contribution in [0.1, 0.15) is 16.9 Å². The first-order chi connectivity index (χ1) is 9.19. The first kappa shape index (κ1) is 14.0. The first-order valence-electron chi connectivity index (χ1n) is 5.77. The predicted octanol–water partition coefficient (Wildman–Crippen LogP) is 2.86. The summed E-state index contributed by atoms with van der Waals surface area (Å²) in [6.45, 7) is -0.126. The van der Waals surface area contributed by atoms with E-state index in [1.807, 2.05) is 12.1 Å². The van der Waals surface area contributed by atoms with E-state index in [0.29, 0.717) is 24.1 Å². The zero-order valence-corrected chi connectivity index (χ0v) is 11.7. The lowest BCUT2D eigenvalue weighted by Crippen LogP contribution is -2.13. The lowest BCUT2D eigenvalue weighted by molar-refractivity contribution is -0.116. The Morgan fingerprint density at radius 3 is 2.95 bits per heavy atom. The average Bonchev–Trinajstić information content (AvgIpc) is 2.83. The van der Waals surface area contributed by atoms with Gasteiger partial charge in [-0.05, 0) is 24.6 Å². The van der Waals surface area contributed by atoms with Gasteiger partial charge in [-0.2, -0.15) is 0 Å². The molecule has 6 heteroatoms. The maximum absolute atomic E-state index is 11.8. The van der Waals surface area contributed by atoms with Gasteiger partial charge < -0.3 is 10.4 Å². The van der Waals surface area contributed by atoms with Crippen molar-refractivity contribution in [3.63, 3.8) is 0 Å². The number of nitrogens with one attached hydrogen (secondary N) is 1. The van der Waals surface area contributed by atoms with E-state index in [-0.39, 0.29) is 12.5 Å². The Morgan fingerprint density at radius 2 is 2.26 bits per heavy atom. The third-order valence-electron chi connectivity index (χ3n) is 2.58. The molecular formula is C13H13ClN2O2S. The van der Waals surface area contributed by atoms with Crippen LogP contribution in [-0.2, 0) is 17.8 Å². The summed E-state index contributed by atoms with van der Waals surface area (Å²) < 4.78 is 0.727. The fourth-order valence-electron chi connectivity index (χ4n) is 1.61. The minimum atomic E-state index is -0.126. The van der Waals surface area contributed by atoms with E-state index in [4.69, 9.17) is 16.7 Å². The van der Waals surface area contributed by atoms with E-state index in [1.165, 1.54) is 17.5 Å². The molecule has 0 saturated heterocycles. The van der Waals surface area contributed by atoms with E-state index < -0.39 is 0 Å². The molecule has 4 nitrogen and oxygen atoms in total. The van der Waals surface area contributed by atoms with Crippen molar-refractivity contribution in [1.29, 1.82) is 0 Å². The minimum absolute atomic E-state index is 0.104. The van der Waals surface area contributed by atoms with E-state index in [9.17, 15) is 4.79 Å². The van der Waals surface area contributed by atoms with Crippen LogP contribution < -0.4 is 5.32 Å². The Kier molecular flexibility index (Phi) is 4.90. The monoisotopic (exact) mass is 296 g/mol. The third kappa shape index (κ3) is 4.02. The number of aromatic nitrogens is 1. The molecule has 0 aliphatic heterocycles. The van der Waals surface area contributed by atoms with Crippen molar-refractivity contribution < 1.29 is 9.90 Å². The minimum Gasteiger partial charge on any atom is -0.392 e. The SMILES string of the molecule is O=C(CCc1ccc(Cl)s1)Nc1cnccc1CO. The number of aliphatic hydroxyl groups is 1. The van der Waals surface area contributed by atoms with Crippen molar-refractivity contribution in [3.05, 3.63) is 45.4 Å². The highest BCUT2D eigenvalue weighted by Gasteiger charge is 2.07. The molecule has 1 amide bonds. The number of pyridine rings is 1. The zero-order chi connectivity index (χ0) is 13.7. The molecule has 0 atom stereocenters. The van der Waals surface area contributed by atoms with Gasteiger partial charge in [0.05, 0.1) is 22.8 Å². The van der Waals surface area contributed by atoms with E-state index in [1.54, 1.807) is 12.3 Å². The molecule has 0 radical (unpaired) electrons. The summed E-state index contributed by atoms with van der Waals surface area (Å²) in [5, 5.41) is 11.9. The maximum atomic E-state index is 11.8. The quantitative estimate of drug-likeness (QED) is 0.892. The second-order valence-corrected chi connectivity index (χ2v) is 5.74. The van der Waals surface area contributed by atoms with Crippen molar-refractivity contribution in [1.82, 2.24) is 4.98 Å². The van der Waals surface area contributed by atoms with Gasteiger partial charge in [-0.3, -0.25) is 9.78 Å².